The molecule has 1 amide bonds. The number of hydrogen-bond donors (Lipinski definition) is 1. The van der Waals surface area contributed by atoms with Crippen molar-refractivity contribution in [2.75, 3.05) is 6.61 Å². The van der Waals surface area contributed by atoms with Crippen LogP contribution in [0.4, 0.5) is 0 Å². The zero-order chi connectivity index (χ0) is 21.7. The van der Waals surface area contributed by atoms with Gasteiger partial charge in [0.1, 0.15) is 11.4 Å². The Morgan fingerprint density at radius 2 is 1.90 bits per heavy atom. The van der Waals surface area contributed by atoms with E-state index in [1.54, 1.807) is 21.4 Å². The van der Waals surface area contributed by atoms with Gasteiger partial charge in [0.15, 0.2) is 0 Å². The summed E-state index contributed by atoms with van der Waals surface area (Å²) in [4.78, 5) is 25.5. The van der Waals surface area contributed by atoms with Gasteiger partial charge in [-0.25, -0.2) is 0 Å². The number of aryl methyl sites for hydroxylation is 1. The Kier molecular flexibility index (Phi) is 6.98. The number of nitrogens with zero attached hydrogens (tertiary/aromatic N) is 2. The predicted molar refractivity (Wildman–Crippen MR) is 120 cm³/mol. The lowest BCUT2D eigenvalue weighted by atomic mass is 10.2. The van der Waals surface area contributed by atoms with Crippen molar-refractivity contribution in [2.24, 2.45) is 13.0 Å². The average Bonchev–Trinajstić information content (AvgIpc) is 3.06. The van der Waals surface area contributed by atoms with Gasteiger partial charge in [-0.1, -0.05) is 39.3 Å². The van der Waals surface area contributed by atoms with Gasteiger partial charge < -0.3 is 19.2 Å². The van der Waals surface area contributed by atoms with E-state index in [0.29, 0.717) is 36.7 Å². The van der Waals surface area contributed by atoms with Crippen LogP contribution in [0.25, 0.3) is 10.9 Å². The van der Waals surface area contributed by atoms with Crippen LogP contribution in [0.2, 0.25) is 0 Å². The second-order valence-electron chi connectivity index (χ2n) is 8.08. The number of amides is 1. The van der Waals surface area contributed by atoms with Gasteiger partial charge in [-0.15, -0.1) is 0 Å². The van der Waals surface area contributed by atoms with Crippen molar-refractivity contribution in [3.63, 3.8) is 0 Å². The van der Waals surface area contributed by atoms with Crippen LogP contribution < -0.4 is 15.6 Å². The van der Waals surface area contributed by atoms with E-state index >= 15 is 0 Å². The van der Waals surface area contributed by atoms with Crippen molar-refractivity contribution < 1.29 is 9.53 Å². The number of carbonyl (C=O) groups excluding carboxylic acids is 1. The van der Waals surface area contributed by atoms with Gasteiger partial charge >= 0.3 is 0 Å². The Morgan fingerprint density at radius 3 is 2.57 bits per heavy atom. The van der Waals surface area contributed by atoms with Gasteiger partial charge in [0.25, 0.3) is 11.5 Å². The minimum absolute atomic E-state index is 0.0606. The molecule has 0 spiro atoms. The summed E-state index contributed by atoms with van der Waals surface area (Å²) in [6, 6.07) is 11.3. The van der Waals surface area contributed by atoms with E-state index in [9.17, 15) is 9.59 Å². The van der Waals surface area contributed by atoms with Crippen molar-refractivity contribution in [1.82, 2.24) is 14.5 Å². The van der Waals surface area contributed by atoms with Crippen LogP contribution in [0.1, 0.15) is 49.7 Å². The largest absolute Gasteiger partial charge is 0.494 e. The van der Waals surface area contributed by atoms with E-state index in [2.05, 4.69) is 26.1 Å². The SMILES string of the molecule is CCCCOc1ccc(CNC(=O)c2cc3c(=O)n(CC(C)C)ccc3n2C)cc1. The van der Waals surface area contributed by atoms with Crippen molar-refractivity contribution in [3.8, 4) is 5.75 Å². The Balaban J connectivity index is 1.70. The molecule has 0 radical (unpaired) electrons. The number of aromatic nitrogens is 2. The van der Waals surface area contributed by atoms with E-state index in [4.69, 9.17) is 4.74 Å². The number of ether oxygens (including phenoxy) is 1. The van der Waals surface area contributed by atoms with E-state index in [-0.39, 0.29) is 11.5 Å². The second kappa shape index (κ2) is 9.65. The fourth-order valence-electron chi connectivity index (χ4n) is 3.44. The van der Waals surface area contributed by atoms with Crippen LogP contribution in [0.15, 0.2) is 47.4 Å². The summed E-state index contributed by atoms with van der Waals surface area (Å²) < 4.78 is 9.15. The molecule has 0 atom stereocenters. The minimum atomic E-state index is -0.202. The summed E-state index contributed by atoms with van der Waals surface area (Å²) >= 11 is 0. The number of pyridine rings is 1. The molecule has 0 aliphatic rings. The molecule has 0 bridgehead atoms. The summed E-state index contributed by atoms with van der Waals surface area (Å²) in [5.74, 6) is 1.01. The lowest BCUT2D eigenvalue weighted by molar-refractivity contribution is 0.0943. The maximum Gasteiger partial charge on any atom is 0.268 e. The van der Waals surface area contributed by atoms with Crippen molar-refractivity contribution >= 4 is 16.8 Å². The molecule has 6 heteroatoms. The van der Waals surface area contributed by atoms with Crippen molar-refractivity contribution in [1.29, 1.82) is 0 Å². The summed E-state index contributed by atoms with van der Waals surface area (Å²) in [7, 11) is 1.81. The lowest BCUT2D eigenvalue weighted by Gasteiger charge is -2.09. The maximum absolute atomic E-state index is 12.8. The number of hydrogen-bond acceptors (Lipinski definition) is 3. The number of nitrogens with one attached hydrogen (secondary N) is 1. The smallest absolute Gasteiger partial charge is 0.268 e. The first kappa shape index (κ1) is 21.7. The summed E-state index contributed by atoms with van der Waals surface area (Å²) in [6.07, 6.45) is 3.94. The molecule has 2 aromatic heterocycles. The second-order valence-corrected chi connectivity index (χ2v) is 8.08. The topological polar surface area (TPSA) is 65.3 Å². The summed E-state index contributed by atoms with van der Waals surface area (Å²) in [5, 5.41) is 3.51. The number of benzene rings is 1. The molecule has 2 heterocycles. The molecule has 30 heavy (non-hydrogen) atoms. The lowest BCUT2D eigenvalue weighted by Crippen LogP contribution is -2.24. The Hall–Kier alpha value is -3.02. The molecule has 0 fully saturated rings. The molecule has 1 N–H and O–H groups in total. The molecule has 0 unspecified atom stereocenters. The van der Waals surface area contributed by atoms with Crippen LogP contribution in [-0.4, -0.2) is 21.6 Å². The predicted octanol–water partition coefficient (Wildman–Crippen LogP) is 4.10. The van der Waals surface area contributed by atoms with Crippen molar-refractivity contribution in [2.45, 2.75) is 46.7 Å². The van der Waals surface area contributed by atoms with E-state index in [1.165, 1.54) is 0 Å². The standard InChI is InChI=1S/C24H31N3O3/c1-5-6-13-30-19-9-7-18(8-10-19)15-25-23(28)22-14-20-21(26(22)4)11-12-27(24(20)29)16-17(2)3/h7-12,14,17H,5-6,13,15-16H2,1-4H3,(H,25,28). The molecular formula is C24H31N3O3. The first-order valence-corrected chi connectivity index (χ1v) is 10.6. The monoisotopic (exact) mass is 409 g/mol. The number of unbranched alkanes of at least 4 members (excludes halogenated alkanes) is 1. The van der Waals surface area contributed by atoms with E-state index < -0.39 is 0 Å². The number of fused-ring (bicyclic) bond motifs is 1. The van der Waals surface area contributed by atoms with Gasteiger partial charge in [0, 0.05) is 26.3 Å². The number of carbonyl (C=O) groups is 1. The third-order valence-corrected chi connectivity index (χ3v) is 5.12. The van der Waals surface area contributed by atoms with E-state index in [1.807, 2.05) is 37.4 Å². The number of rotatable bonds is 9. The van der Waals surface area contributed by atoms with Gasteiger partial charge in [0.05, 0.1) is 17.5 Å². The molecular weight excluding hydrogens is 378 g/mol. The Bertz CT molecular complexity index is 1060. The molecule has 0 aliphatic carbocycles. The molecule has 1 aromatic carbocycles. The molecule has 3 rings (SSSR count). The van der Waals surface area contributed by atoms with Crippen LogP contribution in [0, 0.1) is 5.92 Å². The summed E-state index contributed by atoms with van der Waals surface area (Å²) in [6.45, 7) is 8.06. The third-order valence-electron chi connectivity index (χ3n) is 5.12. The van der Waals surface area contributed by atoms with Gasteiger partial charge in [0.2, 0.25) is 0 Å². The highest BCUT2D eigenvalue weighted by molar-refractivity contribution is 5.98. The first-order valence-electron chi connectivity index (χ1n) is 10.6. The third kappa shape index (κ3) is 4.93. The minimum Gasteiger partial charge on any atom is -0.494 e. The zero-order valence-corrected chi connectivity index (χ0v) is 18.3. The fraction of sp³-hybridized carbons (Fsp3) is 0.417. The van der Waals surface area contributed by atoms with Crippen LogP contribution in [0.5, 0.6) is 5.75 Å². The highest BCUT2D eigenvalue weighted by Crippen LogP contribution is 2.17. The van der Waals surface area contributed by atoms with Gasteiger partial charge in [-0.2, -0.15) is 0 Å². The van der Waals surface area contributed by atoms with Gasteiger partial charge in [-0.05, 0) is 42.2 Å². The van der Waals surface area contributed by atoms with E-state index in [0.717, 1.165) is 29.7 Å². The molecule has 160 valence electrons. The maximum atomic E-state index is 12.8. The zero-order valence-electron chi connectivity index (χ0n) is 18.3. The first-order chi connectivity index (χ1) is 14.4. The van der Waals surface area contributed by atoms with Gasteiger partial charge in [-0.3, -0.25) is 9.59 Å². The molecule has 6 nitrogen and oxygen atoms in total. The molecule has 3 aromatic rings. The molecule has 0 saturated heterocycles. The van der Waals surface area contributed by atoms with Crippen LogP contribution in [0.3, 0.4) is 0 Å². The average molecular weight is 410 g/mol. The molecule has 0 aliphatic heterocycles. The Labute approximate surface area is 177 Å². The fourth-order valence-corrected chi connectivity index (χ4v) is 3.44. The normalized spacial score (nSPS) is 11.2. The summed E-state index contributed by atoms with van der Waals surface area (Å²) in [5.41, 5.74) is 2.17. The van der Waals surface area contributed by atoms with Crippen LogP contribution in [-0.2, 0) is 20.1 Å². The highest BCUT2D eigenvalue weighted by atomic mass is 16.5. The quantitative estimate of drug-likeness (QED) is 0.541. The Morgan fingerprint density at radius 1 is 1.17 bits per heavy atom. The highest BCUT2D eigenvalue weighted by Gasteiger charge is 2.16. The molecule has 0 saturated carbocycles. The van der Waals surface area contributed by atoms with Crippen LogP contribution >= 0.6 is 0 Å². The van der Waals surface area contributed by atoms with Crippen molar-refractivity contribution in [3.05, 3.63) is 64.2 Å².